The molecule has 0 saturated carbocycles. The van der Waals surface area contributed by atoms with Crippen molar-refractivity contribution in [3.05, 3.63) is 0 Å². The lowest BCUT2D eigenvalue weighted by Gasteiger charge is -2.33. The van der Waals surface area contributed by atoms with Crippen LogP contribution < -0.4 is 43.8 Å². The number of rotatable bonds is 25. The third kappa shape index (κ3) is 16.2. The molecule has 376 valence electrons. The van der Waals surface area contributed by atoms with Crippen LogP contribution in [-0.2, 0) is 47.9 Å². The number of guanidine groups is 1. The van der Waals surface area contributed by atoms with Gasteiger partial charge in [-0.2, -0.15) is 11.8 Å². The summed E-state index contributed by atoms with van der Waals surface area (Å²) in [6.45, 7) is 6.90. The van der Waals surface area contributed by atoms with E-state index in [-0.39, 0.29) is 57.8 Å². The summed E-state index contributed by atoms with van der Waals surface area (Å²) in [7, 11) is 0. The van der Waals surface area contributed by atoms with Crippen molar-refractivity contribution >= 4 is 76.9 Å². The predicted molar refractivity (Wildman–Crippen MR) is 245 cm³/mol. The number of nitrogens with two attached hydrogens (primary N) is 3. The Balaban J connectivity index is 1.64. The van der Waals surface area contributed by atoms with E-state index in [2.05, 4.69) is 31.6 Å². The van der Waals surface area contributed by atoms with Crippen LogP contribution in [-0.4, -0.2) is 183 Å². The molecule has 0 aromatic carbocycles. The summed E-state index contributed by atoms with van der Waals surface area (Å²) in [4.78, 5) is 140. The first kappa shape index (κ1) is 55.6. The van der Waals surface area contributed by atoms with Crippen molar-refractivity contribution in [2.24, 2.45) is 28.1 Å². The molecule has 13 N–H and O–H groups in total. The number of likely N-dealkylation sites (tertiary alicyclic amines) is 3. The normalized spacial score (nSPS) is 20.7. The van der Waals surface area contributed by atoms with E-state index in [1.54, 1.807) is 13.8 Å². The maximum Gasteiger partial charge on any atom is 0.326 e. The molecule has 0 spiro atoms. The molecule has 0 aromatic heterocycles. The predicted octanol–water partition coefficient (Wildman–Crippen LogP) is -2.84. The van der Waals surface area contributed by atoms with Crippen molar-refractivity contribution in [3.63, 3.8) is 0 Å². The zero-order valence-electron chi connectivity index (χ0n) is 39.0. The van der Waals surface area contributed by atoms with Gasteiger partial charge in [-0.05, 0) is 96.0 Å². The molecular weight excluding hydrogens is 897 g/mol. The highest BCUT2D eigenvalue weighted by atomic mass is 32.2. The molecule has 0 unspecified atom stereocenters. The third-order valence-corrected chi connectivity index (χ3v) is 12.7. The largest absolute Gasteiger partial charge is 0.481 e. The van der Waals surface area contributed by atoms with E-state index in [0.29, 0.717) is 44.3 Å². The van der Waals surface area contributed by atoms with E-state index in [4.69, 9.17) is 17.2 Å². The Morgan fingerprint density at radius 2 is 1.21 bits per heavy atom. The van der Waals surface area contributed by atoms with Gasteiger partial charge in [-0.15, -0.1) is 0 Å². The van der Waals surface area contributed by atoms with Crippen molar-refractivity contribution < 1.29 is 58.2 Å². The first-order valence-electron chi connectivity index (χ1n) is 22.8. The summed E-state index contributed by atoms with van der Waals surface area (Å²) >= 11 is 1.45. The SMILES string of the molecule is CSCC[C@H](NC(=O)[C@@H](N)CCCN=C(N)N)C(=O)N1CCC[C@H]1C(=O)N[C@@H](CCC(=O)O)C(=O)N[C@@H](C)C(=O)N[C@@H](C)C(=O)N1CCC[C@H]1C(=O)N1CCC[C@H]1C(=O)N[C@H](C(=O)O)C(C)C. The van der Waals surface area contributed by atoms with Gasteiger partial charge < -0.3 is 68.7 Å². The molecule has 0 aromatic rings. The zero-order chi connectivity index (χ0) is 50.1. The second kappa shape index (κ2) is 26.6. The highest BCUT2D eigenvalue weighted by molar-refractivity contribution is 7.98. The summed E-state index contributed by atoms with van der Waals surface area (Å²) in [5, 5.41) is 31.8. The number of carbonyl (C=O) groups excluding carboxylic acids is 8. The molecule has 3 rings (SSSR count). The van der Waals surface area contributed by atoms with Gasteiger partial charge in [-0.1, -0.05) is 13.8 Å². The van der Waals surface area contributed by atoms with E-state index in [9.17, 15) is 58.2 Å². The van der Waals surface area contributed by atoms with E-state index in [1.807, 2.05) is 6.26 Å². The molecule has 8 amide bonds. The van der Waals surface area contributed by atoms with E-state index in [1.165, 1.54) is 40.3 Å². The number of carbonyl (C=O) groups is 10. The topological polar surface area (TPSA) is 371 Å². The van der Waals surface area contributed by atoms with Gasteiger partial charge >= 0.3 is 11.9 Å². The van der Waals surface area contributed by atoms with Gasteiger partial charge in [0.05, 0.1) is 6.04 Å². The number of aliphatic imine (C=N–C) groups is 1. The standard InChI is InChI=1S/C42H70N12O12S/c1-22(2)32(41(65)66)51-37(61)29-12-8-19-53(29)40(64)30-13-9-20-54(30)38(62)24(4)48-33(57)23(3)47-35(59)26(14-15-31(55)56)49-36(60)28-11-7-18-52(28)39(63)27(16-21-67-5)50-34(58)25(43)10-6-17-46-42(44)45/h22-30,32H,6-21,43H2,1-5H3,(H,47,59)(H,48,57)(H,49,60)(H,50,58)(H,51,61)(H,55,56)(H,65,66)(H4,44,45,46)/t23-,24-,25-,26-,27-,28-,29-,30-,32-/m0/s1. The lowest BCUT2D eigenvalue weighted by atomic mass is 10.0. The summed E-state index contributed by atoms with van der Waals surface area (Å²) < 4.78 is 0. The summed E-state index contributed by atoms with van der Waals surface area (Å²) in [5.41, 5.74) is 16.8. The molecule has 24 nitrogen and oxygen atoms in total. The summed E-state index contributed by atoms with van der Waals surface area (Å²) in [6.07, 6.45) is 4.04. The van der Waals surface area contributed by atoms with Gasteiger partial charge in [0.15, 0.2) is 5.96 Å². The van der Waals surface area contributed by atoms with Crippen LogP contribution in [0.2, 0.25) is 0 Å². The smallest absolute Gasteiger partial charge is 0.326 e. The van der Waals surface area contributed by atoms with Crippen LogP contribution in [0, 0.1) is 5.92 Å². The van der Waals surface area contributed by atoms with Gasteiger partial charge in [0.1, 0.15) is 48.3 Å². The van der Waals surface area contributed by atoms with Crippen molar-refractivity contribution in [1.82, 2.24) is 41.3 Å². The Morgan fingerprint density at radius 1 is 0.657 bits per heavy atom. The van der Waals surface area contributed by atoms with Gasteiger partial charge in [-0.25, -0.2) is 4.79 Å². The first-order valence-corrected chi connectivity index (χ1v) is 24.2. The van der Waals surface area contributed by atoms with Gasteiger partial charge in [0.2, 0.25) is 47.3 Å². The number of hydrogen-bond donors (Lipinski definition) is 10. The number of hydrogen-bond acceptors (Lipinski definition) is 13. The first-order chi connectivity index (χ1) is 31.6. The van der Waals surface area contributed by atoms with E-state index >= 15 is 0 Å². The molecule has 67 heavy (non-hydrogen) atoms. The molecule has 9 atom stereocenters. The van der Waals surface area contributed by atoms with Crippen LogP contribution in [0.5, 0.6) is 0 Å². The quantitative estimate of drug-likeness (QED) is 0.0250. The summed E-state index contributed by atoms with van der Waals surface area (Å²) in [5.74, 6) is -7.65. The van der Waals surface area contributed by atoms with Crippen LogP contribution in [0.1, 0.15) is 98.3 Å². The Morgan fingerprint density at radius 3 is 1.78 bits per heavy atom. The van der Waals surface area contributed by atoms with Crippen molar-refractivity contribution in [3.8, 4) is 0 Å². The molecule has 0 radical (unpaired) electrons. The number of carboxylic acids is 2. The monoisotopic (exact) mass is 966 g/mol. The van der Waals surface area contributed by atoms with Crippen LogP contribution in [0.15, 0.2) is 4.99 Å². The Hall–Kier alpha value is -5.72. The van der Waals surface area contributed by atoms with Gasteiger partial charge in [-0.3, -0.25) is 48.1 Å². The molecule has 25 heteroatoms. The molecule has 3 heterocycles. The number of amides is 8. The summed E-state index contributed by atoms with van der Waals surface area (Å²) in [6, 6.07) is -9.96. The lowest BCUT2D eigenvalue weighted by Crippen LogP contribution is -2.59. The molecule has 3 aliphatic heterocycles. The number of aliphatic carboxylic acids is 2. The number of nitrogens with one attached hydrogen (secondary N) is 5. The minimum Gasteiger partial charge on any atom is -0.481 e. The molecular formula is C42H70N12O12S. The number of thioether (sulfide) groups is 1. The lowest BCUT2D eigenvalue weighted by molar-refractivity contribution is -0.149. The highest BCUT2D eigenvalue weighted by Gasteiger charge is 2.44. The Bertz CT molecular complexity index is 1850. The van der Waals surface area contributed by atoms with Gasteiger partial charge in [0.25, 0.3) is 0 Å². The number of nitrogens with zero attached hydrogens (tertiary/aromatic N) is 4. The van der Waals surface area contributed by atoms with Crippen LogP contribution in [0.25, 0.3) is 0 Å². The number of carboxylic acid groups (broad SMARTS) is 2. The highest BCUT2D eigenvalue weighted by Crippen LogP contribution is 2.26. The minimum atomic E-state index is -1.45. The second-order valence-electron chi connectivity index (χ2n) is 17.5. The fraction of sp³-hybridized carbons (Fsp3) is 0.738. The molecule has 3 aliphatic rings. The maximum atomic E-state index is 13.9. The second-order valence-corrected chi connectivity index (χ2v) is 18.5. The molecule has 0 bridgehead atoms. The molecule has 3 saturated heterocycles. The Labute approximate surface area is 394 Å². The Kier molecular flexibility index (Phi) is 22.1. The van der Waals surface area contributed by atoms with Crippen LogP contribution in [0.4, 0.5) is 0 Å². The van der Waals surface area contributed by atoms with Crippen molar-refractivity contribution in [2.75, 3.05) is 38.2 Å². The van der Waals surface area contributed by atoms with E-state index in [0.717, 1.165) is 0 Å². The average molecular weight is 967 g/mol. The van der Waals surface area contributed by atoms with Crippen LogP contribution >= 0.6 is 11.8 Å². The van der Waals surface area contributed by atoms with E-state index < -0.39 is 126 Å². The van der Waals surface area contributed by atoms with Crippen LogP contribution in [0.3, 0.4) is 0 Å². The van der Waals surface area contributed by atoms with Crippen molar-refractivity contribution in [1.29, 1.82) is 0 Å². The fourth-order valence-electron chi connectivity index (χ4n) is 8.30. The zero-order valence-corrected chi connectivity index (χ0v) is 39.8. The fourth-order valence-corrected chi connectivity index (χ4v) is 8.77. The molecule has 0 aliphatic carbocycles. The molecule has 3 fully saturated rings. The third-order valence-electron chi connectivity index (χ3n) is 12.0. The maximum absolute atomic E-state index is 13.9. The average Bonchev–Trinajstić information content (AvgIpc) is 4.08. The van der Waals surface area contributed by atoms with Crippen molar-refractivity contribution in [2.45, 2.75) is 153 Å². The minimum absolute atomic E-state index is 0.0952. The van der Waals surface area contributed by atoms with Gasteiger partial charge in [0, 0.05) is 32.6 Å².